The summed E-state index contributed by atoms with van der Waals surface area (Å²) < 4.78 is 0. The van der Waals surface area contributed by atoms with Gasteiger partial charge in [-0.1, -0.05) is 20.3 Å². The van der Waals surface area contributed by atoms with Gasteiger partial charge < -0.3 is 15.7 Å². The van der Waals surface area contributed by atoms with Crippen LogP contribution in [0.3, 0.4) is 0 Å². The van der Waals surface area contributed by atoms with Crippen molar-refractivity contribution < 1.29 is 5.11 Å². The number of rotatable bonds is 5. The van der Waals surface area contributed by atoms with Gasteiger partial charge in [-0.05, 0) is 18.9 Å². The van der Waals surface area contributed by atoms with Crippen LogP contribution >= 0.6 is 0 Å². The molecule has 0 saturated carbocycles. The van der Waals surface area contributed by atoms with Crippen LogP contribution in [0.1, 0.15) is 26.7 Å². The molecule has 0 spiro atoms. The Balaban J connectivity index is 2.00. The molecule has 0 amide bonds. The molecule has 1 aliphatic rings. The normalized spacial score (nSPS) is 30.7. The molecule has 0 aromatic heterocycles. The molecule has 1 heterocycles. The van der Waals surface area contributed by atoms with Crippen molar-refractivity contribution in [2.75, 3.05) is 19.6 Å². The molecule has 1 rings (SSSR count). The fraction of sp³-hybridized carbons (Fsp3) is 1.00. The summed E-state index contributed by atoms with van der Waals surface area (Å²) in [6.45, 7) is 7.30. The Morgan fingerprint density at radius 3 is 2.92 bits per heavy atom. The second-order valence-electron chi connectivity index (χ2n) is 4.17. The van der Waals surface area contributed by atoms with Crippen molar-refractivity contribution in [1.82, 2.24) is 10.6 Å². The smallest absolute Gasteiger partial charge is 0.0680 e. The first-order chi connectivity index (χ1) is 6.22. The number of β-amino-alcohol motifs (C(OH)–C–C–N with tert-alkyl or cyclic N) is 1. The fourth-order valence-electron chi connectivity index (χ4n) is 1.60. The van der Waals surface area contributed by atoms with Crippen molar-refractivity contribution in [2.45, 2.75) is 38.8 Å². The van der Waals surface area contributed by atoms with Crippen molar-refractivity contribution >= 4 is 0 Å². The number of aliphatic hydroxyl groups excluding tert-OH is 1. The topological polar surface area (TPSA) is 44.3 Å². The van der Waals surface area contributed by atoms with Gasteiger partial charge in [-0.3, -0.25) is 0 Å². The summed E-state index contributed by atoms with van der Waals surface area (Å²) >= 11 is 0. The SMILES string of the molecule is CCC(C)CNCC1CC(O)CN1. The standard InChI is InChI=1S/C10H22N2O/c1-3-8(2)5-11-6-9-4-10(13)7-12-9/h8-13H,3-7H2,1-2H3. The van der Waals surface area contributed by atoms with Crippen molar-refractivity contribution in [2.24, 2.45) is 5.92 Å². The van der Waals surface area contributed by atoms with E-state index in [9.17, 15) is 5.11 Å². The van der Waals surface area contributed by atoms with E-state index in [2.05, 4.69) is 24.5 Å². The highest BCUT2D eigenvalue weighted by Crippen LogP contribution is 2.05. The van der Waals surface area contributed by atoms with Gasteiger partial charge in [0.05, 0.1) is 6.10 Å². The third-order valence-electron chi connectivity index (χ3n) is 2.78. The Morgan fingerprint density at radius 2 is 2.38 bits per heavy atom. The van der Waals surface area contributed by atoms with E-state index in [0.717, 1.165) is 32.0 Å². The first kappa shape index (κ1) is 11.0. The van der Waals surface area contributed by atoms with Crippen LogP contribution in [0.5, 0.6) is 0 Å². The van der Waals surface area contributed by atoms with E-state index in [1.807, 2.05) is 0 Å². The molecule has 3 unspecified atom stereocenters. The van der Waals surface area contributed by atoms with E-state index in [-0.39, 0.29) is 6.10 Å². The highest BCUT2D eigenvalue weighted by molar-refractivity contribution is 4.82. The molecular weight excluding hydrogens is 164 g/mol. The quantitative estimate of drug-likeness (QED) is 0.580. The van der Waals surface area contributed by atoms with Gasteiger partial charge in [-0.2, -0.15) is 0 Å². The summed E-state index contributed by atoms with van der Waals surface area (Å²) in [6, 6.07) is 0.471. The predicted octanol–water partition coefficient (Wildman–Crippen LogP) is 0.345. The van der Waals surface area contributed by atoms with E-state index >= 15 is 0 Å². The van der Waals surface area contributed by atoms with Gasteiger partial charge in [0.25, 0.3) is 0 Å². The summed E-state index contributed by atoms with van der Waals surface area (Å²) in [5, 5.41) is 16.0. The van der Waals surface area contributed by atoms with Crippen LogP contribution in [0, 0.1) is 5.92 Å². The average molecular weight is 186 g/mol. The Hall–Kier alpha value is -0.120. The summed E-state index contributed by atoms with van der Waals surface area (Å²) in [7, 11) is 0. The summed E-state index contributed by atoms with van der Waals surface area (Å²) in [5.74, 6) is 0.756. The van der Waals surface area contributed by atoms with Crippen LogP contribution in [-0.4, -0.2) is 36.9 Å². The number of hydrogen-bond donors (Lipinski definition) is 3. The minimum absolute atomic E-state index is 0.129. The average Bonchev–Trinajstić information content (AvgIpc) is 2.51. The zero-order valence-corrected chi connectivity index (χ0v) is 8.71. The molecule has 0 radical (unpaired) electrons. The lowest BCUT2D eigenvalue weighted by Gasteiger charge is -2.14. The van der Waals surface area contributed by atoms with Crippen molar-refractivity contribution in [3.63, 3.8) is 0 Å². The third-order valence-corrected chi connectivity index (χ3v) is 2.78. The molecule has 13 heavy (non-hydrogen) atoms. The molecule has 0 aromatic rings. The minimum Gasteiger partial charge on any atom is -0.392 e. The highest BCUT2D eigenvalue weighted by atomic mass is 16.3. The predicted molar refractivity (Wildman–Crippen MR) is 54.7 cm³/mol. The lowest BCUT2D eigenvalue weighted by Crippen LogP contribution is -2.35. The van der Waals surface area contributed by atoms with Crippen LogP contribution in [0.25, 0.3) is 0 Å². The molecule has 1 saturated heterocycles. The fourth-order valence-corrected chi connectivity index (χ4v) is 1.60. The van der Waals surface area contributed by atoms with E-state index in [1.165, 1.54) is 6.42 Å². The molecule has 3 heteroatoms. The van der Waals surface area contributed by atoms with Gasteiger partial charge in [0.2, 0.25) is 0 Å². The Labute approximate surface area is 80.9 Å². The minimum atomic E-state index is -0.129. The van der Waals surface area contributed by atoms with E-state index in [1.54, 1.807) is 0 Å². The number of nitrogens with one attached hydrogen (secondary N) is 2. The molecule has 1 aliphatic heterocycles. The summed E-state index contributed by atoms with van der Waals surface area (Å²) in [4.78, 5) is 0. The zero-order chi connectivity index (χ0) is 9.68. The van der Waals surface area contributed by atoms with Crippen molar-refractivity contribution in [1.29, 1.82) is 0 Å². The van der Waals surface area contributed by atoms with E-state index in [0.29, 0.717) is 6.04 Å². The maximum Gasteiger partial charge on any atom is 0.0680 e. The maximum absolute atomic E-state index is 9.26. The summed E-state index contributed by atoms with van der Waals surface area (Å²) in [5.41, 5.74) is 0. The zero-order valence-electron chi connectivity index (χ0n) is 8.71. The first-order valence-electron chi connectivity index (χ1n) is 5.34. The van der Waals surface area contributed by atoms with Gasteiger partial charge in [-0.15, -0.1) is 0 Å². The monoisotopic (exact) mass is 186 g/mol. The van der Waals surface area contributed by atoms with E-state index < -0.39 is 0 Å². The van der Waals surface area contributed by atoms with Crippen LogP contribution in [0.4, 0.5) is 0 Å². The lowest BCUT2D eigenvalue weighted by atomic mass is 10.1. The lowest BCUT2D eigenvalue weighted by molar-refractivity contribution is 0.193. The molecule has 0 aromatic carbocycles. The molecule has 1 fully saturated rings. The molecule has 3 atom stereocenters. The second-order valence-corrected chi connectivity index (χ2v) is 4.17. The van der Waals surface area contributed by atoms with Crippen LogP contribution in [0.15, 0.2) is 0 Å². The number of hydrogen-bond acceptors (Lipinski definition) is 3. The summed E-state index contributed by atoms with van der Waals surface area (Å²) in [6.07, 6.45) is 2.00. The maximum atomic E-state index is 9.26. The molecule has 78 valence electrons. The largest absolute Gasteiger partial charge is 0.392 e. The van der Waals surface area contributed by atoms with Gasteiger partial charge in [0, 0.05) is 19.1 Å². The van der Waals surface area contributed by atoms with Crippen molar-refractivity contribution in [3.05, 3.63) is 0 Å². The van der Waals surface area contributed by atoms with Gasteiger partial charge in [0.15, 0.2) is 0 Å². The molecule has 3 N–H and O–H groups in total. The van der Waals surface area contributed by atoms with Gasteiger partial charge >= 0.3 is 0 Å². The van der Waals surface area contributed by atoms with E-state index in [4.69, 9.17) is 0 Å². The van der Waals surface area contributed by atoms with Crippen molar-refractivity contribution in [3.8, 4) is 0 Å². The van der Waals surface area contributed by atoms with Crippen LogP contribution in [-0.2, 0) is 0 Å². The Bertz CT molecular complexity index is 141. The van der Waals surface area contributed by atoms with Gasteiger partial charge in [-0.25, -0.2) is 0 Å². The number of aliphatic hydroxyl groups is 1. The van der Waals surface area contributed by atoms with Crippen LogP contribution in [0.2, 0.25) is 0 Å². The molecular formula is C10H22N2O. The van der Waals surface area contributed by atoms with Crippen LogP contribution < -0.4 is 10.6 Å². The molecule has 0 aliphatic carbocycles. The third kappa shape index (κ3) is 4.07. The highest BCUT2D eigenvalue weighted by Gasteiger charge is 2.21. The molecule has 0 bridgehead atoms. The second kappa shape index (κ2) is 5.58. The first-order valence-corrected chi connectivity index (χ1v) is 5.34. The Kier molecular flexibility index (Phi) is 4.70. The van der Waals surface area contributed by atoms with Gasteiger partial charge in [0.1, 0.15) is 0 Å². The molecule has 3 nitrogen and oxygen atoms in total. The Morgan fingerprint density at radius 1 is 1.62 bits per heavy atom.